The predicted octanol–water partition coefficient (Wildman–Crippen LogP) is 0.517. The van der Waals surface area contributed by atoms with Crippen LogP contribution in [0.5, 0.6) is 0 Å². The van der Waals surface area contributed by atoms with E-state index in [9.17, 15) is 9.59 Å². The number of rotatable bonds is 4. The summed E-state index contributed by atoms with van der Waals surface area (Å²) in [5, 5.41) is 3.07. The third kappa shape index (κ3) is 3.67. The van der Waals surface area contributed by atoms with Crippen molar-refractivity contribution in [2.75, 3.05) is 12.8 Å². The van der Waals surface area contributed by atoms with Crippen molar-refractivity contribution in [3.05, 3.63) is 18.0 Å². The highest BCUT2D eigenvalue weighted by atomic mass is 32.2. The molecule has 0 saturated heterocycles. The van der Waals surface area contributed by atoms with Crippen LogP contribution in [0.25, 0.3) is 0 Å². The van der Waals surface area contributed by atoms with E-state index in [1.165, 1.54) is 31.1 Å². The van der Waals surface area contributed by atoms with Gasteiger partial charge >= 0.3 is 0 Å². The number of hydrogen-bond donors (Lipinski definition) is 1. The molecule has 0 saturated carbocycles. The highest BCUT2D eigenvalue weighted by Crippen LogP contribution is 2.06. The Labute approximate surface area is 91.7 Å². The standard InChI is InChI=1S/C9H11N3O2S/c1-6(13)3-10-8(14)7-4-11-9(15-2)12-5-7/h4-5H,3H2,1-2H3,(H,10,14). The smallest absolute Gasteiger partial charge is 0.254 e. The zero-order valence-electron chi connectivity index (χ0n) is 8.48. The second kappa shape index (κ2) is 5.45. The second-order valence-electron chi connectivity index (χ2n) is 2.84. The van der Waals surface area contributed by atoms with Crippen molar-refractivity contribution >= 4 is 23.5 Å². The average molecular weight is 225 g/mol. The average Bonchev–Trinajstić information content (AvgIpc) is 2.26. The summed E-state index contributed by atoms with van der Waals surface area (Å²) < 4.78 is 0. The maximum atomic E-state index is 11.4. The molecule has 0 atom stereocenters. The molecule has 0 radical (unpaired) electrons. The van der Waals surface area contributed by atoms with Gasteiger partial charge in [0, 0.05) is 12.4 Å². The highest BCUT2D eigenvalue weighted by Gasteiger charge is 2.06. The van der Waals surface area contributed by atoms with Crippen LogP contribution < -0.4 is 5.32 Å². The SMILES string of the molecule is CSc1ncc(C(=O)NCC(C)=O)cn1. The monoisotopic (exact) mass is 225 g/mol. The minimum Gasteiger partial charge on any atom is -0.345 e. The zero-order chi connectivity index (χ0) is 11.3. The van der Waals surface area contributed by atoms with Gasteiger partial charge in [0.2, 0.25) is 0 Å². The Morgan fingerprint density at radius 2 is 2.00 bits per heavy atom. The zero-order valence-corrected chi connectivity index (χ0v) is 9.30. The molecule has 0 aliphatic heterocycles. The van der Waals surface area contributed by atoms with Crippen molar-refractivity contribution in [1.82, 2.24) is 15.3 Å². The summed E-state index contributed by atoms with van der Waals surface area (Å²) in [6.07, 6.45) is 4.73. The highest BCUT2D eigenvalue weighted by molar-refractivity contribution is 7.98. The molecule has 0 aliphatic rings. The van der Waals surface area contributed by atoms with Crippen molar-refractivity contribution in [3.63, 3.8) is 0 Å². The Morgan fingerprint density at radius 3 is 2.47 bits per heavy atom. The quantitative estimate of drug-likeness (QED) is 0.597. The molecule has 0 bridgehead atoms. The minimum atomic E-state index is -0.335. The van der Waals surface area contributed by atoms with E-state index in [1.807, 2.05) is 6.26 Å². The van der Waals surface area contributed by atoms with Gasteiger partial charge in [0.05, 0.1) is 12.1 Å². The number of hydrogen-bond acceptors (Lipinski definition) is 5. The summed E-state index contributed by atoms with van der Waals surface area (Å²) >= 11 is 1.40. The maximum Gasteiger partial charge on any atom is 0.254 e. The summed E-state index contributed by atoms with van der Waals surface area (Å²) in [4.78, 5) is 29.9. The summed E-state index contributed by atoms with van der Waals surface area (Å²) in [6, 6.07) is 0. The van der Waals surface area contributed by atoms with E-state index in [2.05, 4.69) is 15.3 Å². The Balaban J connectivity index is 2.62. The normalized spacial score (nSPS) is 9.73. The Hall–Kier alpha value is -1.43. The number of Topliss-reactive ketones (excluding diaryl/α,β-unsaturated/α-hetero) is 1. The fourth-order valence-corrected chi connectivity index (χ4v) is 1.16. The van der Waals surface area contributed by atoms with Gasteiger partial charge in [-0.1, -0.05) is 11.8 Å². The van der Waals surface area contributed by atoms with E-state index in [1.54, 1.807) is 0 Å². The molecule has 6 heteroatoms. The van der Waals surface area contributed by atoms with Crippen LogP contribution in [-0.4, -0.2) is 34.5 Å². The Kier molecular flexibility index (Phi) is 4.23. The molecule has 0 unspecified atom stereocenters. The van der Waals surface area contributed by atoms with E-state index in [0.29, 0.717) is 10.7 Å². The fourth-order valence-electron chi connectivity index (χ4n) is 0.846. The first-order valence-electron chi connectivity index (χ1n) is 4.27. The van der Waals surface area contributed by atoms with Crippen LogP contribution in [0.2, 0.25) is 0 Å². The lowest BCUT2D eigenvalue weighted by molar-refractivity contribution is -0.116. The molecule has 0 aromatic carbocycles. The fraction of sp³-hybridized carbons (Fsp3) is 0.333. The Bertz CT molecular complexity index is 364. The van der Waals surface area contributed by atoms with Gasteiger partial charge in [0.15, 0.2) is 5.16 Å². The lowest BCUT2D eigenvalue weighted by Gasteiger charge is -2.02. The topological polar surface area (TPSA) is 72.0 Å². The summed E-state index contributed by atoms with van der Waals surface area (Å²) in [7, 11) is 0. The molecule has 1 N–H and O–H groups in total. The largest absolute Gasteiger partial charge is 0.345 e. The van der Waals surface area contributed by atoms with Gasteiger partial charge in [-0.05, 0) is 13.2 Å². The van der Waals surface area contributed by atoms with E-state index in [0.717, 1.165) is 0 Å². The van der Waals surface area contributed by atoms with Crippen LogP contribution in [0.15, 0.2) is 17.6 Å². The van der Waals surface area contributed by atoms with Crippen LogP contribution in [-0.2, 0) is 4.79 Å². The number of amides is 1. The van der Waals surface area contributed by atoms with Crippen LogP contribution in [0.3, 0.4) is 0 Å². The summed E-state index contributed by atoms with van der Waals surface area (Å²) in [6.45, 7) is 1.44. The van der Waals surface area contributed by atoms with Crippen LogP contribution in [0, 0.1) is 0 Å². The van der Waals surface area contributed by atoms with Gasteiger partial charge in [-0.15, -0.1) is 0 Å². The van der Waals surface area contributed by atoms with E-state index in [-0.39, 0.29) is 18.2 Å². The molecule has 0 fully saturated rings. The molecule has 80 valence electrons. The number of carbonyl (C=O) groups excluding carboxylic acids is 2. The molecule has 1 amide bonds. The lowest BCUT2D eigenvalue weighted by Crippen LogP contribution is -2.28. The third-order valence-electron chi connectivity index (χ3n) is 1.57. The van der Waals surface area contributed by atoms with E-state index < -0.39 is 0 Å². The number of carbonyl (C=O) groups is 2. The predicted molar refractivity (Wildman–Crippen MR) is 56.8 cm³/mol. The van der Waals surface area contributed by atoms with Crippen molar-refractivity contribution in [2.24, 2.45) is 0 Å². The van der Waals surface area contributed by atoms with Crippen molar-refractivity contribution < 1.29 is 9.59 Å². The molecule has 1 aromatic rings. The first-order chi connectivity index (χ1) is 7.13. The molecule has 1 aromatic heterocycles. The number of ketones is 1. The van der Waals surface area contributed by atoms with Crippen molar-refractivity contribution in [3.8, 4) is 0 Å². The second-order valence-corrected chi connectivity index (χ2v) is 3.62. The molecule has 0 spiro atoms. The molecular weight excluding hydrogens is 214 g/mol. The minimum absolute atomic E-state index is 0.0309. The van der Waals surface area contributed by atoms with Gasteiger partial charge in [-0.3, -0.25) is 9.59 Å². The Morgan fingerprint density at radius 1 is 1.40 bits per heavy atom. The van der Waals surface area contributed by atoms with E-state index in [4.69, 9.17) is 0 Å². The molecule has 1 heterocycles. The van der Waals surface area contributed by atoms with Gasteiger partial charge in [-0.2, -0.15) is 0 Å². The van der Waals surface area contributed by atoms with E-state index >= 15 is 0 Å². The summed E-state index contributed by atoms with van der Waals surface area (Å²) in [5.74, 6) is -0.428. The molecule has 0 aliphatic carbocycles. The van der Waals surface area contributed by atoms with Crippen LogP contribution in [0.1, 0.15) is 17.3 Å². The van der Waals surface area contributed by atoms with Crippen LogP contribution in [0.4, 0.5) is 0 Å². The first kappa shape index (κ1) is 11.6. The van der Waals surface area contributed by atoms with Gasteiger partial charge in [0.25, 0.3) is 5.91 Å². The molecular formula is C9H11N3O2S. The number of aromatic nitrogens is 2. The number of nitrogens with one attached hydrogen (secondary N) is 1. The lowest BCUT2D eigenvalue weighted by atomic mass is 10.3. The number of thioether (sulfide) groups is 1. The van der Waals surface area contributed by atoms with Gasteiger partial charge in [0.1, 0.15) is 5.78 Å². The first-order valence-corrected chi connectivity index (χ1v) is 5.49. The third-order valence-corrected chi connectivity index (χ3v) is 2.15. The van der Waals surface area contributed by atoms with Gasteiger partial charge in [-0.25, -0.2) is 9.97 Å². The number of nitrogens with zero attached hydrogens (tertiary/aromatic N) is 2. The molecule has 5 nitrogen and oxygen atoms in total. The van der Waals surface area contributed by atoms with Crippen molar-refractivity contribution in [1.29, 1.82) is 0 Å². The molecule has 1 rings (SSSR count). The van der Waals surface area contributed by atoms with Crippen LogP contribution >= 0.6 is 11.8 Å². The summed E-state index contributed by atoms with van der Waals surface area (Å²) in [5.41, 5.74) is 0.356. The maximum absolute atomic E-state index is 11.4. The van der Waals surface area contributed by atoms with Gasteiger partial charge < -0.3 is 5.32 Å². The molecule has 15 heavy (non-hydrogen) atoms. The van der Waals surface area contributed by atoms with Crippen molar-refractivity contribution in [2.45, 2.75) is 12.1 Å².